The predicted octanol–water partition coefficient (Wildman–Crippen LogP) is 3.15. The van der Waals surface area contributed by atoms with Crippen LogP contribution in [0.3, 0.4) is 0 Å². The zero-order valence-electron chi connectivity index (χ0n) is 12.3. The van der Waals surface area contributed by atoms with Crippen molar-refractivity contribution >= 4 is 0 Å². The van der Waals surface area contributed by atoms with Gasteiger partial charge in [0.25, 0.3) is 0 Å². The first-order valence-electron chi connectivity index (χ1n) is 7.13. The molecule has 2 rings (SSSR count). The van der Waals surface area contributed by atoms with E-state index in [0.29, 0.717) is 5.88 Å². The monoisotopic (exact) mass is 274 g/mol. The van der Waals surface area contributed by atoms with Crippen molar-refractivity contribution in [3.8, 4) is 11.6 Å². The molecule has 0 aliphatic carbocycles. The highest BCUT2D eigenvalue weighted by Gasteiger charge is 2.13. The molecular weight excluding hydrogens is 252 g/mol. The van der Waals surface area contributed by atoms with Gasteiger partial charge in [0.15, 0.2) is 5.75 Å². The Morgan fingerprint density at radius 1 is 1.40 bits per heavy atom. The molecule has 0 aliphatic heterocycles. The average Bonchev–Trinajstić information content (AvgIpc) is 2.87. The lowest BCUT2D eigenvalue weighted by atomic mass is 10.1. The average molecular weight is 274 g/mol. The van der Waals surface area contributed by atoms with Gasteiger partial charge in [-0.3, -0.25) is 4.68 Å². The lowest BCUT2D eigenvalue weighted by molar-refractivity contribution is 0.443. The van der Waals surface area contributed by atoms with Gasteiger partial charge in [-0.2, -0.15) is 5.10 Å². The van der Waals surface area contributed by atoms with Crippen LogP contribution in [0.15, 0.2) is 30.7 Å². The summed E-state index contributed by atoms with van der Waals surface area (Å²) >= 11 is 0. The normalized spacial score (nSPS) is 12.3. The molecule has 0 aliphatic rings. The van der Waals surface area contributed by atoms with Crippen molar-refractivity contribution < 1.29 is 4.74 Å². The molecule has 0 radical (unpaired) electrons. The van der Waals surface area contributed by atoms with E-state index in [1.807, 2.05) is 23.0 Å². The number of hydrogen-bond donors (Lipinski definition) is 1. The highest BCUT2D eigenvalue weighted by molar-refractivity contribution is 5.32. The second kappa shape index (κ2) is 7.05. The number of nitrogens with one attached hydrogen (secondary N) is 1. The summed E-state index contributed by atoms with van der Waals surface area (Å²) in [6.45, 7) is 8.11. The molecule has 0 fully saturated rings. The van der Waals surface area contributed by atoms with Crippen LogP contribution in [0.5, 0.6) is 11.6 Å². The topological polar surface area (TPSA) is 52.0 Å². The number of ether oxygens (including phenoxy) is 1. The fourth-order valence-electron chi connectivity index (χ4n) is 2.09. The van der Waals surface area contributed by atoms with Crippen LogP contribution in [0.1, 0.15) is 38.8 Å². The molecule has 0 aromatic carbocycles. The fourth-order valence-corrected chi connectivity index (χ4v) is 2.09. The molecule has 1 N–H and O–H groups in total. The van der Waals surface area contributed by atoms with Crippen molar-refractivity contribution in [1.29, 1.82) is 0 Å². The third-order valence-corrected chi connectivity index (χ3v) is 3.05. The Morgan fingerprint density at radius 2 is 2.25 bits per heavy atom. The van der Waals surface area contributed by atoms with Crippen molar-refractivity contribution in [1.82, 2.24) is 20.1 Å². The summed E-state index contributed by atoms with van der Waals surface area (Å²) < 4.78 is 7.75. The highest BCUT2D eigenvalue weighted by atomic mass is 16.5. The van der Waals surface area contributed by atoms with Gasteiger partial charge in [0.05, 0.1) is 12.4 Å². The molecule has 0 amide bonds. The Kier molecular flexibility index (Phi) is 5.12. The van der Waals surface area contributed by atoms with Gasteiger partial charge in [0, 0.05) is 24.3 Å². The van der Waals surface area contributed by atoms with Crippen molar-refractivity contribution in [2.75, 3.05) is 6.54 Å². The van der Waals surface area contributed by atoms with Crippen molar-refractivity contribution in [3.63, 3.8) is 0 Å². The van der Waals surface area contributed by atoms with E-state index in [1.54, 1.807) is 12.4 Å². The molecule has 0 spiro atoms. The van der Waals surface area contributed by atoms with Crippen LogP contribution in [0.4, 0.5) is 0 Å². The molecule has 108 valence electrons. The first kappa shape index (κ1) is 14.5. The van der Waals surface area contributed by atoms with E-state index < -0.39 is 0 Å². The van der Waals surface area contributed by atoms with Gasteiger partial charge in [0.2, 0.25) is 5.88 Å². The quantitative estimate of drug-likeness (QED) is 0.842. The number of aryl methyl sites for hydroxylation is 1. The minimum absolute atomic E-state index is 0.203. The van der Waals surface area contributed by atoms with E-state index in [-0.39, 0.29) is 6.04 Å². The van der Waals surface area contributed by atoms with Crippen LogP contribution in [0, 0.1) is 0 Å². The van der Waals surface area contributed by atoms with Crippen LogP contribution < -0.4 is 10.1 Å². The van der Waals surface area contributed by atoms with Crippen LogP contribution in [0.25, 0.3) is 0 Å². The molecule has 1 unspecified atom stereocenters. The Morgan fingerprint density at radius 3 is 3.00 bits per heavy atom. The highest BCUT2D eigenvalue weighted by Crippen LogP contribution is 2.26. The molecule has 1 atom stereocenters. The van der Waals surface area contributed by atoms with Gasteiger partial charge >= 0.3 is 0 Å². The minimum Gasteiger partial charge on any atom is -0.435 e. The van der Waals surface area contributed by atoms with Crippen LogP contribution in [-0.4, -0.2) is 21.3 Å². The minimum atomic E-state index is 0.203. The molecule has 0 saturated carbocycles. The summed E-state index contributed by atoms with van der Waals surface area (Å²) in [7, 11) is 0. The van der Waals surface area contributed by atoms with Gasteiger partial charge < -0.3 is 10.1 Å². The predicted molar refractivity (Wildman–Crippen MR) is 78.9 cm³/mol. The van der Waals surface area contributed by atoms with E-state index in [2.05, 4.69) is 36.2 Å². The number of pyridine rings is 1. The summed E-state index contributed by atoms with van der Waals surface area (Å²) in [5.74, 6) is 1.36. The maximum Gasteiger partial charge on any atom is 0.224 e. The fraction of sp³-hybridized carbons (Fsp3) is 0.467. The van der Waals surface area contributed by atoms with E-state index >= 15 is 0 Å². The van der Waals surface area contributed by atoms with Gasteiger partial charge in [-0.1, -0.05) is 19.9 Å². The molecule has 2 aromatic rings. The molecule has 2 aromatic heterocycles. The van der Waals surface area contributed by atoms with Gasteiger partial charge in [-0.05, 0) is 26.0 Å². The zero-order chi connectivity index (χ0) is 14.4. The molecule has 20 heavy (non-hydrogen) atoms. The van der Waals surface area contributed by atoms with Crippen molar-refractivity contribution in [3.05, 3.63) is 36.3 Å². The maximum atomic E-state index is 5.87. The molecule has 0 bridgehead atoms. The second-order valence-electron chi connectivity index (χ2n) is 4.72. The van der Waals surface area contributed by atoms with E-state index in [4.69, 9.17) is 4.74 Å². The molecule has 2 heterocycles. The van der Waals surface area contributed by atoms with Crippen molar-refractivity contribution in [2.24, 2.45) is 0 Å². The van der Waals surface area contributed by atoms with Gasteiger partial charge in [-0.25, -0.2) is 4.98 Å². The Bertz CT molecular complexity index is 538. The summed E-state index contributed by atoms with van der Waals surface area (Å²) in [4.78, 5) is 4.33. The van der Waals surface area contributed by atoms with Crippen LogP contribution in [0.2, 0.25) is 0 Å². The van der Waals surface area contributed by atoms with E-state index in [9.17, 15) is 0 Å². The Labute approximate surface area is 120 Å². The summed E-state index contributed by atoms with van der Waals surface area (Å²) in [5.41, 5.74) is 1.05. The zero-order valence-corrected chi connectivity index (χ0v) is 12.3. The summed E-state index contributed by atoms with van der Waals surface area (Å²) in [5, 5.41) is 7.63. The lowest BCUT2D eigenvalue weighted by Crippen LogP contribution is -2.18. The largest absolute Gasteiger partial charge is 0.435 e. The smallest absolute Gasteiger partial charge is 0.224 e. The Balaban J connectivity index is 2.15. The number of aromatic nitrogens is 3. The first-order chi connectivity index (χ1) is 9.74. The number of rotatable bonds is 7. The standard InChI is InChI=1S/C15H22N4O/c1-4-9-19-11-13(10-18-19)20-15-14(7-6-8-17-15)12(3)16-5-2/h6-8,10-12,16H,4-5,9H2,1-3H3. The number of nitrogens with zero attached hydrogens (tertiary/aromatic N) is 3. The SMILES string of the molecule is CCCn1cc(Oc2ncccc2C(C)NCC)cn1. The molecular formula is C15H22N4O. The third-order valence-electron chi connectivity index (χ3n) is 3.05. The molecule has 5 heteroatoms. The molecule has 5 nitrogen and oxygen atoms in total. The first-order valence-corrected chi connectivity index (χ1v) is 7.13. The van der Waals surface area contributed by atoms with Crippen LogP contribution in [-0.2, 0) is 6.54 Å². The van der Waals surface area contributed by atoms with Gasteiger partial charge in [0.1, 0.15) is 0 Å². The summed E-state index contributed by atoms with van der Waals surface area (Å²) in [6, 6.07) is 4.16. The second-order valence-corrected chi connectivity index (χ2v) is 4.72. The number of hydrogen-bond acceptors (Lipinski definition) is 4. The Hall–Kier alpha value is -1.88. The van der Waals surface area contributed by atoms with Gasteiger partial charge in [-0.15, -0.1) is 0 Å². The third kappa shape index (κ3) is 3.57. The van der Waals surface area contributed by atoms with Crippen molar-refractivity contribution in [2.45, 2.75) is 39.8 Å². The van der Waals surface area contributed by atoms with Crippen LogP contribution >= 0.6 is 0 Å². The molecule has 0 saturated heterocycles. The summed E-state index contributed by atoms with van der Waals surface area (Å²) in [6.07, 6.45) is 6.42. The van der Waals surface area contributed by atoms with E-state index in [0.717, 1.165) is 30.8 Å². The lowest BCUT2D eigenvalue weighted by Gasteiger charge is -2.15. The maximum absolute atomic E-state index is 5.87. The van der Waals surface area contributed by atoms with E-state index in [1.165, 1.54) is 0 Å².